The van der Waals surface area contributed by atoms with Crippen molar-refractivity contribution in [1.82, 2.24) is 9.80 Å². The van der Waals surface area contributed by atoms with Crippen molar-refractivity contribution in [1.29, 1.82) is 0 Å². The summed E-state index contributed by atoms with van der Waals surface area (Å²) in [7, 11) is 4.00. The van der Waals surface area contributed by atoms with Crippen molar-refractivity contribution in [2.24, 2.45) is 0 Å². The zero-order valence-electron chi connectivity index (χ0n) is 15.1. The molecule has 1 aromatic carbocycles. The Kier molecular flexibility index (Phi) is 4.80. The van der Waals surface area contributed by atoms with Crippen molar-refractivity contribution in [2.45, 2.75) is 12.5 Å². The summed E-state index contributed by atoms with van der Waals surface area (Å²) in [6.07, 6.45) is 0.814. The fourth-order valence-corrected chi connectivity index (χ4v) is 4.54. The number of fused-ring (bicyclic) bond motifs is 2. The van der Waals surface area contributed by atoms with Crippen LogP contribution in [-0.4, -0.2) is 42.9 Å². The first kappa shape index (κ1) is 18.2. The minimum atomic E-state index is -0.408. The van der Waals surface area contributed by atoms with Gasteiger partial charge in [0.25, 0.3) is 5.91 Å². The quantitative estimate of drug-likeness (QED) is 0.647. The maximum Gasteiger partial charge on any atom is 0.290 e. The molecule has 0 saturated carbocycles. The molecule has 5 nitrogen and oxygen atoms in total. The van der Waals surface area contributed by atoms with Crippen LogP contribution >= 0.6 is 22.9 Å². The third-order valence-electron chi connectivity index (χ3n) is 4.74. The second-order valence-electron chi connectivity index (χ2n) is 6.89. The van der Waals surface area contributed by atoms with Gasteiger partial charge in [0.05, 0.1) is 17.0 Å². The molecule has 1 aliphatic rings. The second kappa shape index (κ2) is 7.11. The van der Waals surface area contributed by atoms with Crippen LogP contribution in [0.1, 0.15) is 33.5 Å². The SMILES string of the molecule is CN(C)CCCN1C(=O)c2oc3ccc(Cl)cc3c(=O)c2[C@H]1c1cccs1. The van der Waals surface area contributed by atoms with Gasteiger partial charge in [-0.2, -0.15) is 0 Å². The number of thiophene rings is 1. The third-order valence-corrected chi connectivity index (χ3v) is 5.90. The highest BCUT2D eigenvalue weighted by Gasteiger charge is 2.42. The molecule has 3 aromatic rings. The molecule has 0 spiro atoms. The number of hydrogen-bond donors (Lipinski definition) is 0. The van der Waals surface area contributed by atoms with Crippen molar-refractivity contribution >= 4 is 39.8 Å². The Balaban J connectivity index is 1.86. The highest BCUT2D eigenvalue weighted by Crippen LogP contribution is 2.40. The van der Waals surface area contributed by atoms with Crippen LogP contribution in [-0.2, 0) is 0 Å². The smallest absolute Gasteiger partial charge is 0.290 e. The first-order valence-corrected chi connectivity index (χ1v) is 9.98. The molecule has 0 N–H and O–H groups in total. The van der Waals surface area contributed by atoms with Crippen LogP contribution in [0.5, 0.6) is 0 Å². The fourth-order valence-electron chi connectivity index (χ4n) is 3.52. The molecule has 27 heavy (non-hydrogen) atoms. The largest absolute Gasteiger partial charge is 0.450 e. The maximum absolute atomic E-state index is 13.3. The monoisotopic (exact) mass is 402 g/mol. The van der Waals surface area contributed by atoms with E-state index >= 15 is 0 Å². The molecular weight excluding hydrogens is 384 g/mol. The van der Waals surface area contributed by atoms with E-state index in [-0.39, 0.29) is 17.1 Å². The standard InChI is InChI=1S/C20H19ClN2O3S/c1-22(2)8-4-9-23-17(15-5-3-10-27-15)16-18(24)13-11-12(21)6-7-14(13)26-19(16)20(23)25/h3,5-7,10-11,17H,4,8-9H2,1-2H3/t17-/m1/s1. The molecule has 0 aliphatic carbocycles. The predicted octanol–water partition coefficient (Wildman–Crippen LogP) is 4.00. The molecule has 0 bridgehead atoms. The Morgan fingerprint density at radius 1 is 1.26 bits per heavy atom. The lowest BCUT2D eigenvalue weighted by atomic mass is 10.0. The molecule has 0 radical (unpaired) electrons. The summed E-state index contributed by atoms with van der Waals surface area (Å²) in [6.45, 7) is 1.41. The Morgan fingerprint density at radius 2 is 2.07 bits per heavy atom. The molecule has 2 aromatic heterocycles. The summed E-state index contributed by atoms with van der Waals surface area (Å²) < 4.78 is 5.88. The van der Waals surface area contributed by atoms with E-state index in [4.69, 9.17) is 16.0 Å². The minimum absolute atomic E-state index is 0.151. The Morgan fingerprint density at radius 3 is 2.78 bits per heavy atom. The normalized spacial score (nSPS) is 16.5. The van der Waals surface area contributed by atoms with Gasteiger partial charge in [-0.05, 0) is 56.7 Å². The highest BCUT2D eigenvalue weighted by atomic mass is 35.5. The number of carbonyl (C=O) groups excluding carboxylic acids is 1. The zero-order chi connectivity index (χ0) is 19.1. The molecule has 0 saturated heterocycles. The van der Waals surface area contributed by atoms with Crippen molar-refractivity contribution in [3.05, 3.63) is 67.2 Å². The molecule has 140 valence electrons. The van der Waals surface area contributed by atoms with Crippen molar-refractivity contribution in [2.75, 3.05) is 27.2 Å². The van der Waals surface area contributed by atoms with Crippen LogP contribution in [0.15, 0.2) is 44.9 Å². The molecule has 0 fully saturated rings. The van der Waals surface area contributed by atoms with Gasteiger partial charge >= 0.3 is 0 Å². The van der Waals surface area contributed by atoms with Crippen molar-refractivity contribution in [3.63, 3.8) is 0 Å². The van der Waals surface area contributed by atoms with Gasteiger partial charge in [0.15, 0.2) is 5.43 Å². The van der Waals surface area contributed by atoms with Crippen LogP contribution < -0.4 is 5.43 Å². The van der Waals surface area contributed by atoms with Gasteiger partial charge in [0, 0.05) is 16.4 Å². The Labute approximate surface area is 165 Å². The molecular formula is C20H19ClN2O3S. The van der Waals surface area contributed by atoms with E-state index in [2.05, 4.69) is 4.90 Å². The van der Waals surface area contributed by atoms with Crippen LogP contribution in [0, 0.1) is 0 Å². The van der Waals surface area contributed by atoms with E-state index in [9.17, 15) is 9.59 Å². The first-order valence-electron chi connectivity index (χ1n) is 8.72. The number of halogens is 1. The Hall–Kier alpha value is -2.15. The van der Waals surface area contributed by atoms with Crippen molar-refractivity contribution < 1.29 is 9.21 Å². The lowest BCUT2D eigenvalue weighted by Gasteiger charge is -2.24. The molecule has 1 atom stereocenters. The van der Waals surface area contributed by atoms with E-state index in [1.54, 1.807) is 23.1 Å². The van der Waals surface area contributed by atoms with Gasteiger partial charge in [0.1, 0.15) is 5.58 Å². The fraction of sp³-hybridized carbons (Fsp3) is 0.300. The van der Waals surface area contributed by atoms with Crippen molar-refractivity contribution in [3.8, 4) is 0 Å². The van der Waals surface area contributed by atoms with Gasteiger partial charge in [-0.3, -0.25) is 9.59 Å². The molecule has 0 unspecified atom stereocenters. The number of nitrogens with zero attached hydrogens (tertiary/aromatic N) is 2. The molecule has 3 heterocycles. The van der Waals surface area contributed by atoms with Crippen LogP contribution in [0.4, 0.5) is 0 Å². The number of hydrogen-bond acceptors (Lipinski definition) is 5. The topological polar surface area (TPSA) is 53.8 Å². The summed E-state index contributed by atoms with van der Waals surface area (Å²) in [4.78, 5) is 31.1. The lowest BCUT2D eigenvalue weighted by molar-refractivity contribution is 0.0724. The zero-order valence-corrected chi connectivity index (χ0v) is 16.6. The van der Waals surface area contributed by atoms with Crippen LogP contribution in [0.2, 0.25) is 5.02 Å². The molecule has 1 amide bonds. The second-order valence-corrected chi connectivity index (χ2v) is 8.30. The van der Waals surface area contributed by atoms with Gasteiger partial charge in [0.2, 0.25) is 5.76 Å². The number of rotatable bonds is 5. The number of amides is 1. The number of benzene rings is 1. The first-order chi connectivity index (χ1) is 13.0. The van der Waals surface area contributed by atoms with E-state index < -0.39 is 6.04 Å². The molecule has 4 rings (SSSR count). The molecule has 7 heteroatoms. The van der Waals surface area contributed by atoms with E-state index in [0.717, 1.165) is 17.8 Å². The average molecular weight is 403 g/mol. The van der Waals surface area contributed by atoms with Gasteiger partial charge in [-0.15, -0.1) is 11.3 Å². The Bertz CT molecular complexity index is 1060. The highest BCUT2D eigenvalue weighted by molar-refractivity contribution is 7.10. The minimum Gasteiger partial charge on any atom is -0.450 e. The number of carbonyl (C=O) groups is 1. The lowest BCUT2D eigenvalue weighted by Crippen LogP contribution is -2.31. The summed E-state index contributed by atoms with van der Waals surface area (Å²) in [6, 6.07) is 8.38. The van der Waals surface area contributed by atoms with E-state index in [1.807, 2.05) is 31.6 Å². The summed E-state index contributed by atoms with van der Waals surface area (Å²) >= 11 is 7.61. The van der Waals surface area contributed by atoms with Gasteiger partial charge < -0.3 is 14.2 Å². The van der Waals surface area contributed by atoms with Gasteiger partial charge in [-0.1, -0.05) is 17.7 Å². The summed E-state index contributed by atoms with van der Waals surface area (Å²) in [5, 5.41) is 2.83. The summed E-state index contributed by atoms with van der Waals surface area (Å²) in [5.74, 6) is -0.0748. The van der Waals surface area contributed by atoms with Crippen LogP contribution in [0.3, 0.4) is 0 Å². The molecule has 1 aliphatic heterocycles. The average Bonchev–Trinajstić information content (AvgIpc) is 3.24. The van der Waals surface area contributed by atoms with Gasteiger partial charge in [-0.25, -0.2) is 0 Å². The summed E-state index contributed by atoms with van der Waals surface area (Å²) in [5.41, 5.74) is 0.620. The third kappa shape index (κ3) is 3.18. The van der Waals surface area contributed by atoms with E-state index in [0.29, 0.717) is 28.1 Å². The van der Waals surface area contributed by atoms with E-state index in [1.165, 1.54) is 11.3 Å². The maximum atomic E-state index is 13.3. The van der Waals surface area contributed by atoms with Crippen LogP contribution in [0.25, 0.3) is 11.0 Å². The predicted molar refractivity (Wildman–Crippen MR) is 108 cm³/mol.